The van der Waals surface area contributed by atoms with Crippen molar-refractivity contribution in [2.75, 3.05) is 26.9 Å². The summed E-state index contributed by atoms with van der Waals surface area (Å²) in [6.45, 7) is 10.9. The van der Waals surface area contributed by atoms with E-state index >= 15 is 0 Å². The minimum Gasteiger partial charge on any atom is -0.467 e. The molecule has 70 heavy (non-hydrogen) atoms. The van der Waals surface area contributed by atoms with Crippen LogP contribution in [0.25, 0.3) is 11.1 Å². The molecule has 0 bridgehead atoms. The number of hydrogen-bond acceptors (Lipinski definition) is 10. The summed E-state index contributed by atoms with van der Waals surface area (Å²) in [6, 6.07) is 26.3. The second-order valence-electron chi connectivity index (χ2n) is 19.0. The van der Waals surface area contributed by atoms with Gasteiger partial charge in [0.1, 0.15) is 30.8 Å². The number of methoxy groups -OCH3 is 1. The molecule has 0 saturated carbocycles. The molecule has 7 N–H and O–H groups in total. The van der Waals surface area contributed by atoms with Gasteiger partial charge < -0.3 is 46.5 Å². The molecule has 0 fully saturated rings. The molecule has 0 aromatic heterocycles. The fourth-order valence-electron chi connectivity index (χ4n) is 8.25. The summed E-state index contributed by atoms with van der Waals surface area (Å²) >= 11 is 0. The molecule has 1 aliphatic carbocycles. The van der Waals surface area contributed by atoms with E-state index in [-0.39, 0.29) is 49.7 Å². The number of ether oxygens (including phenoxy) is 2. The fraction of sp³-hybridized carbons (Fsp3) is 0.426. The number of esters is 1. The lowest BCUT2D eigenvalue weighted by molar-refractivity contribution is -0.146. The van der Waals surface area contributed by atoms with Crippen LogP contribution >= 0.6 is 0 Å². The van der Waals surface area contributed by atoms with Crippen LogP contribution in [0.1, 0.15) is 106 Å². The zero-order valence-corrected chi connectivity index (χ0v) is 41.1. The van der Waals surface area contributed by atoms with Crippen LogP contribution in [0.2, 0.25) is 0 Å². The number of aliphatic hydroxyl groups is 1. The summed E-state index contributed by atoms with van der Waals surface area (Å²) in [6.07, 6.45) is 0.420. The first kappa shape index (κ1) is 53.9. The Hall–Kier alpha value is -7.07. The van der Waals surface area contributed by atoms with E-state index in [4.69, 9.17) is 9.47 Å². The van der Waals surface area contributed by atoms with Crippen molar-refractivity contribution in [2.45, 2.75) is 115 Å². The van der Waals surface area contributed by atoms with Gasteiger partial charge in [-0.25, -0.2) is 9.59 Å². The largest absolute Gasteiger partial charge is 0.467 e. The molecule has 4 aromatic rings. The zero-order valence-electron chi connectivity index (χ0n) is 41.1. The predicted molar refractivity (Wildman–Crippen MR) is 265 cm³/mol. The molecule has 16 nitrogen and oxygen atoms in total. The Balaban J connectivity index is 1.20. The molecule has 0 radical (unpaired) electrons. The molecule has 1 aliphatic rings. The average molecular weight is 961 g/mol. The van der Waals surface area contributed by atoms with E-state index in [0.29, 0.717) is 18.4 Å². The van der Waals surface area contributed by atoms with Gasteiger partial charge in [0, 0.05) is 24.4 Å². The van der Waals surface area contributed by atoms with Crippen LogP contribution in [-0.4, -0.2) is 104 Å². The number of carbonyl (C=O) groups excluding carboxylic acids is 7. The molecular weight excluding hydrogens is 893 g/mol. The first-order valence-electron chi connectivity index (χ1n) is 23.8. The Morgan fingerprint density at radius 1 is 0.629 bits per heavy atom. The van der Waals surface area contributed by atoms with E-state index in [1.54, 1.807) is 12.1 Å². The number of alkyl carbamates (subject to hydrolysis) is 1. The fourth-order valence-corrected chi connectivity index (χ4v) is 8.25. The van der Waals surface area contributed by atoms with Crippen LogP contribution in [-0.2, 0) is 45.3 Å². The topological polar surface area (TPSA) is 230 Å². The van der Waals surface area contributed by atoms with Crippen LogP contribution < -0.4 is 31.9 Å². The maximum absolute atomic E-state index is 14.0. The number of nitrogens with one attached hydrogen (secondary N) is 6. The molecule has 0 spiro atoms. The molecule has 4 aromatic carbocycles. The van der Waals surface area contributed by atoms with Gasteiger partial charge in [-0.3, -0.25) is 24.0 Å². The van der Waals surface area contributed by atoms with Gasteiger partial charge in [0.25, 0.3) is 5.91 Å². The average Bonchev–Trinajstić information content (AvgIpc) is 3.66. The highest BCUT2D eigenvalue weighted by Gasteiger charge is 2.33. The number of benzene rings is 4. The molecule has 6 amide bonds. The van der Waals surface area contributed by atoms with Gasteiger partial charge in [0.2, 0.25) is 23.6 Å². The summed E-state index contributed by atoms with van der Waals surface area (Å²) in [5.41, 5.74) is 6.43. The van der Waals surface area contributed by atoms with Crippen LogP contribution in [0.4, 0.5) is 4.79 Å². The molecule has 0 aliphatic heterocycles. The van der Waals surface area contributed by atoms with Crippen LogP contribution in [0, 0.1) is 5.92 Å². The normalized spacial score (nSPS) is 14.1. The van der Waals surface area contributed by atoms with E-state index in [1.165, 1.54) is 6.92 Å². The second-order valence-corrected chi connectivity index (χ2v) is 19.0. The van der Waals surface area contributed by atoms with Gasteiger partial charge >= 0.3 is 12.1 Å². The maximum Gasteiger partial charge on any atom is 0.407 e. The highest BCUT2D eigenvalue weighted by atomic mass is 16.5. The van der Waals surface area contributed by atoms with Crippen LogP contribution in [0.3, 0.4) is 0 Å². The summed E-state index contributed by atoms with van der Waals surface area (Å²) in [5, 5.41) is 26.0. The third-order valence-corrected chi connectivity index (χ3v) is 12.2. The highest BCUT2D eigenvalue weighted by Crippen LogP contribution is 2.44. The number of hydrogen-bond donors (Lipinski definition) is 7. The Morgan fingerprint density at radius 3 is 1.77 bits per heavy atom. The first-order chi connectivity index (χ1) is 33.4. The minimum absolute atomic E-state index is 0.0489. The van der Waals surface area contributed by atoms with E-state index in [0.717, 1.165) is 40.5 Å². The number of fused-ring (bicyclic) bond motifs is 3. The van der Waals surface area contributed by atoms with Crippen molar-refractivity contribution in [2.24, 2.45) is 5.92 Å². The van der Waals surface area contributed by atoms with Crippen molar-refractivity contribution in [3.8, 4) is 11.1 Å². The molecule has 0 unspecified atom stereocenters. The third kappa shape index (κ3) is 15.2. The van der Waals surface area contributed by atoms with Crippen LogP contribution in [0.5, 0.6) is 0 Å². The molecule has 374 valence electrons. The summed E-state index contributed by atoms with van der Waals surface area (Å²) in [7, 11) is 1.11. The van der Waals surface area contributed by atoms with Crippen LogP contribution in [0.15, 0.2) is 103 Å². The molecule has 5 atom stereocenters. The highest BCUT2D eigenvalue weighted by molar-refractivity contribution is 5.99. The first-order valence-corrected chi connectivity index (χ1v) is 23.8. The van der Waals surface area contributed by atoms with Crippen molar-refractivity contribution in [1.82, 2.24) is 31.9 Å². The number of unbranched alkanes of at least 4 members (excludes halogenated alkanes) is 1. The van der Waals surface area contributed by atoms with E-state index in [2.05, 4.69) is 64.8 Å². The predicted octanol–water partition coefficient (Wildman–Crippen LogP) is 5.20. The molecule has 0 heterocycles. The van der Waals surface area contributed by atoms with Crippen molar-refractivity contribution >= 4 is 41.6 Å². The molecule has 16 heteroatoms. The van der Waals surface area contributed by atoms with Gasteiger partial charge in [0.05, 0.1) is 13.7 Å². The molecule has 5 rings (SSSR count). The smallest absolute Gasteiger partial charge is 0.407 e. The summed E-state index contributed by atoms with van der Waals surface area (Å²) in [4.78, 5) is 93.9. The molecule has 0 saturated heterocycles. The molecular formula is C54H68N6O10. The standard InChI is InChI=1S/C54H68N6O10/c1-33(2)29-44(58-47(62)34(3)56-50(65)45(30-35-17-9-8-10-18-35)59-48(63)36-24-26-37(27-25-36)54(4,5)6)51(66)57-43(49(64)60-46(31-61)52(67)69-7)23-15-16-28-55-53(68)70-32-42-40-21-13-11-19-38(40)39-20-12-14-22-41(39)42/h8-14,17-22,24-27,33-34,42-46,61H,15-16,23,28-32H2,1-7H3,(H,55,68)(H,56,65)(H,57,66)(H,58,62)(H,59,63)(H,60,64)/t34-,43-,44-,45-,46-/m0/s1. The quantitative estimate of drug-likeness (QED) is 0.0380. The number of rotatable bonds is 23. The summed E-state index contributed by atoms with van der Waals surface area (Å²) < 4.78 is 10.4. The van der Waals surface area contributed by atoms with Crippen molar-refractivity contribution < 1.29 is 48.1 Å². The lowest BCUT2D eigenvalue weighted by atomic mass is 9.86. The van der Waals surface area contributed by atoms with Gasteiger partial charge in [-0.2, -0.15) is 0 Å². The lowest BCUT2D eigenvalue weighted by Gasteiger charge is -2.27. The Labute approximate surface area is 410 Å². The Morgan fingerprint density at radius 2 is 1.19 bits per heavy atom. The number of amides is 6. The van der Waals surface area contributed by atoms with Gasteiger partial charge in [0.15, 0.2) is 6.04 Å². The van der Waals surface area contributed by atoms with Crippen molar-refractivity contribution in [3.05, 3.63) is 131 Å². The monoisotopic (exact) mass is 960 g/mol. The van der Waals surface area contributed by atoms with Crippen molar-refractivity contribution in [3.63, 3.8) is 0 Å². The van der Waals surface area contributed by atoms with E-state index < -0.39 is 78.4 Å². The van der Waals surface area contributed by atoms with E-state index in [1.807, 2.05) is 92.7 Å². The number of aliphatic hydroxyl groups excluding tert-OH is 1. The van der Waals surface area contributed by atoms with Gasteiger partial charge in [-0.15, -0.1) is 0 Å². The second kappa shape index (κ2) is 25.5. The number of carbonyl (C=O) groups is 7. The van der Waals surface area contributed by atoms with Gasteiger partial charge in [-0.1, -0.05) is 126 Å². The van der Waals surface area contributed by atoms with Crippen molar-refractivity contribution in [1.29, 1.82) is 0 Å². The summed E-state index contributed by atoms with van der Waals surface area (Å²) in [5.74, 6) is -4.39. The Bertz CT molecular complexity index is 2390. The third-order valence-electron chi connectivity index (χ3n) is 12.2. The lowest BCUT2D eigenvalue weighted by Crippen LogP contribution is -2.59. The SMILES string of the molecule is COC(=O)[C@H](CO)NC(=O)[C@H](CCCCNC(=O)OCC1c2ccccc2-c2ccccc21)NC(=O)[C@H](CC(C)C)NC(=O)[C@H](C)NC(=O)[C@H](Cc1ccccc1)NC(=O)c1ccc(C(C)(C)C)cc1. The Kier molecular flexibility index (Phi) is 19.6. The minimum atomic E-state index is -1.41. The van der Waals surface area contributed by atoms with E-state index in [9.17, 15) is 38.7 Å². The maximum atomic E-state index is 14.0. The zero-order chi connectivity index (χ0) is 51.0. The van der Waals surface area contributed by atoms with Gasteiger partial charge in [-0.05, 0) is 89.5 Å².